The molecule has 0 unspecified atom stereocenters. The number of aromatic nitrogens is 2. The Morgan fingerprint density at radius 3 is 2.67 bits per heavy atom. The summed E-state index contributed by atoms with van der Waals surface area (Å²) in [6.45, 7) is 12.1. The van der Waals surface area contributed by atoms with Gasteiger partial charge in [0.25, 0.3) is 0 Å². The number of likely N-dealkylation sites (tertiary alicyclic amines) is 1. The van der Waals surface area contributed by atoms with Crippen LogP contribution in [-0.4, -0.2) is 46.3 Å². The highest BCUT2D eigenvalue weighted by Gasteiger charge is 2.34. The maximum Gasteiger partial charge on any atom is 0.228 e. The van der Waals surface area contributed by atoms with Crippen molar-refractivity contribution in [2.45, 2.75) is 72.6 Å². The van der Waals surface area contributed by atoms with E-state index in [1.165, 1.54) is 11.1 Å². The summed E-state index contributed by atoms with van der Waals surface area (Å²) in [6, 6.07) is 8.44. The highest BCUT2D eigenvalue weighted by Crippen LogP contribution is 2.33. The molecular weight excluding hydrogens is 412 g/mol. The fraction of sp³-hybridized carbons (Fsp3) is 0.556. The van der Waals surface area contributed by atoms with Crippen LogP contribution in [0.25, 0.3) is 0 Å². The van der Waals surface area contributed by atoms with Crippen molar-refractivity contribution >= 4 is 17.6 Å². The van der Waals surface area contributed by atoms with Crippen molar-refractivity contribution < 1.29 is 9.59 Å². The summed E-state index contributed by atoms with van der Waals surface area (Å²) < 4.78 is 0. The van der Waals surface area contributed by atoms with Crippen molar-refractivity contribution in [1.82, 2.24) is 14.9 Å². The average molecular weight is 449 g/mol. The van der Waals surface area contributed by atoms with Gasteiger partial charge in [-0.1, -0.05) is 50.6 Å². The Kier molecular flexibility index (Phi) is 6.55. The quantitative estimate of drug-likeness (QED) is 0.697. The fourth-order valence-corrected chi connectivity index (χ4v) is 4.97. The first-order chi connectivity index (χ1) is 15.6. The van der Waals surface area contributed by atoms with Crippen LogP contribution in [0, 0.1) is 19.3 Å². The molecule has 2 aromatic rings. The molecule has 176 valence electrons. The fourth-order valence-electron chi connectivity index (χ4n) is 4.97. The van der Waals surface area contributed by atoms with Crippen LogP contribution in [0.1, 0.15) is 74.2 Å². The summed E-state index contributed by atoms with van der Waals surface area (Å²) in [4.78, 5) is 39.4. The molecule has 1 saturated heterocycles. The van der Waals surface area contributed by atoms with Gasteiger partial charge in [0.2, 0.25) is 11.8 Å². The summed E-state index contributed by atoms with van der Waals surface area (Å²) in [5, 5.41) is 0. The van der Waals surface area contributed by atoms with Gasteiger partial charge in [0, 0.05) is 48.6 Å². The van der Waals surface area contributed by atoms with Gasteiger partial charge < -0.3 is 4.90 Å². The molecule has 0 spiro atoms. The first kappa shape index (κ1) is 23.4. The van der Waals surface area contributed by atoms with Gasteiger partial charge in [-0.25, -0.2) is 9.97 Å². The van der Waals surface area contributed by atoms with Crippen molar-refractivity contribution in [3.63, 3.8) is 0 Å². The van der Waals surface area contributed by atoms with Gasteiger partial charge in [0.1, 0.15) is 11.6 Å². The Balaban J connectivity index is 1.59. The predicted octanol–water partition coefficient (Wildman–Crippen LogP) is 4.37. The molecule has 6 nitrogen and oxygen atoms in total. The van der Waals surface area contributed by atoms with E-state index in [4.69, 9.17) is 9.97 Å². The molecule has 2 amide bonds. The number of carbonyl (C=O) groups is 2. The highest BCUT2D eigenvalue weighted by molar-refractivity contribution is 5.95. The molecule has 0 aliphatic carbocycles. The number of hydrogen-bond donors (Lipinski definition) is 0. The molecule has 1 aromatic heterocycles. The van der Waals surface area contributed by atoms with E-state index in [1.807, 2.05) is 37.5 Å². The Morgan fingerprint density at radius 2 is 1.94 bits per heavy atom. The van der Waals surface area contributed by atoms with Crippen LogP contribution < -0.4 is 4.90 Å². The summed E-state index contributed by atoms with van der Waals surface area (Å²) in [7, 11) is 0. The van der Waals surface area contributed by atoms with Crippen LogP contribution in [0.15, 0.2) is 24.3 Å². The third kappa shape index (κ3) is 5.10. The predicted molar refractivity (Wildman–Crippen MR) is 130 cm³/mol. The Hall–Kier alpha value is -2.76. The molecule has 0 bridgehead atoms. The summed E-state index contributed by atoms with van der Waals surface area (Å²) in [5.74, 6) is 1.96. The van der Waals surface area contributed by atoms with Gasteiger partial charge in [-0.15, -0.1) is 0 Å². The van der Waals surface area contributed by atoms with E-state index < -0.39 is 5.41 Å². The summed E-state index contributed by atoms with van der Waals surface area (Å²) in [5.41, 5.74) is 4.10. The number of anilines is 1. The van der Waals surface area contributed by atoms with Crippen molar-refractivity contribution in [1.29, 1.82) is 0 Å². The maximum atomic E-state index is 12.9. The summed E-state index contributed by atoms with van der Waals surface area (Å²) >= 11 is 0. The molecule has 0 radical (unpaired) electrons. The molecular formula is C27H36N4O2. The van der Waals surface area contributed by atoms with E-state index in [0.29, 0.717) is 25.9 Å². The molecule has 2 aliphatic rings. The zero-order valence-corrected chi connectivity index (χ0v) is 20.6. The van der Waals surface area contributed by atoms with Crippen LogP contribution in [-0.2, 0) is 22.4 Å². The van der Waals surface area contributed by atoms with Crippen LogP contribution >= 0.6 is 0 Å². The lowest BCUT2D eigenvalue weighted by Gasteiger charge is -2.36. The Bertz CT molecular complexity index is 1060. The first-order valence-electron chi connectivity index (χ1n) is 12.2. The minimum Gasteiger partial charge on any atom is -0.342 e. The second-order valence-electron chi connectivity index (χ2n) is 10.6. The van der Waals surface area contributed by atoms with E-state index in [9.17, 15) is 9.59 Å². The van der Waals surface area contributed by atoms with E-state index in [-0.39, 0.29) is 17.7 Å². The number of rotatable bonds is 4. The Labute approximate surface area is 197 Å². The third-order valence-electron chi connectivity index (χ3n) is 6.78. The van der Waals surface area contributed by atoms with Crippen LogP contribution in [0.4, 0.5) is 5.82 Å². The normalized spacial score (nSPS) is 18.9. The second kappa shape index (κ2) is 9.24. The lowest BCUT2D eigenvalue weighted by atomic mass is 9.90. The Morgan fingerprint density at radius 1 is 1.15 bits per heavy atom. The molecule has 1 atom stereocenters. The van der Waals surface area contributed by atoms with E-state index >= 15 is 0 Å². The van der Waals surface area contributed by atoms with Crippen LogP contribution in [0.5, 0.6) is 0 Å². The van der Waals surface area contributed by atoms with E-state index in [0.717, 1.165) is 48.7 Å². The number of nitrogens with zero attached hydrogens (tertiary/aromatic N) is 4. The van der Waals surface area contributed by atoms with Crippen LogP contribution in [0.3, 0.4) is 0 Å². The second-order valence-corrected chi connectivity index (χ2v) is 10.6. The third-order valence-corrected chi connectivity index (χ3v) is 6.78. The van der Waals surface area contributed by atoms with Gasteiger partial charge in [-0.3, -0.25) is 14.5 Å². The van der Waals surface area contributed by atoms with Gasteiger partial charge in [0.15, 0.2) is 0 Å². The monoisotopic (exact) mass is 448 g/mol. The first-order valence-corrected chi connectivity index (χ1v) is 12.2. The zero-order chi connectivity index (χ0) is 23.8. The average Bonchev–Trinajstić information content (AvgIpc) is 2.77. The molecule has 3 heterocycles. The molecule has 6 heteroatoms. The number of piperidine rings is 1. The molecule has 1 aromatic carbocycles. The van der Waals surface area contributed by atoms with E-state index in [2.05, 4.69) is 31.2 Å². The smallest absolute Gasteiger partial charge is 0.228 e. The van der Waals surface area contributed by atoms with E-state index in [1.54, 1.807) is 0 Å². The van der Waals surface area contributed by atoms with Crippen molar-refractivity contribution in [3.05, 3.63) is 52.5 Å². The van der Waals surface area contributed by atoms with Crippen molar-refractivity contribution in [3.8, 4) is 0 Å². The lowest BCUT2D eigenvalue weighted by molar-refractivity contribution is -0.140. The topological polar surface area (TPSA) is 66.4 Å². The molecule has 0 N–H and O–H groups in total. The highest BCUT2D eigenvalue weighted by atomic mass is 16.2. The van der Waals surface area contributed by atoms with Gasteiger partial charge in [0.05, 0.1) is 0 Å². The minimum absolute atomic E-state index is 0.102. The van der Waals surface area contributed by atoms with Crippen LogP contribution in [0.2, 0.25) is 0 Å². The number of fused-ring (bicyclic) bond motifs is 1. The largest absolute Gasteiger partial charge is 0.342 e. The van der Waals surface area contributed by atoms with Crippen molar-refractivity contribution in [2.75, 3.05) is 24.5 Å². The molecule has 2 aliphatic heterocycles. The lowest BCUT2D eigenvalue weighted by Crippen LogP contribution is -2.45. The van der Waals surface area contributed by atoms with Crippen molar-refractivity contribution in [2.24, 2.45) is 5.41 Å². The SMILES string of the molecule is Cc1cccc(CCN2C(=O)CCc3c(C)nc([C@H]4CCCN(C(=O)C(C)(C)C)C4)nc32)c1. The maximum absolute atomic E-state index is 12.9. The van der Waals surface area contributed by atoms with Gasteiger partial charge in [-0.05, 0) is 45.1 Å². The number of aryl methyl sites for hydroxylation is 2. The molecule has 33 heavy (non-hydrogen) atoms. The zero-order valence-electron chi connectivity index (χ0n) is 20.6. The number of amides is 2. The van der Waals surface area contributed by atoms with Gasteiger partial charge >= 0.3 is 0 Å². The number of benzene rings is 1. The molecule has 1 fully saturated rings. The number of carbonyl (C=O) groups excluding carboxylic acids is 2. The van der Waals surface area contributed by atoms with Gasteiger partial charge in [-0.2, -0.15) is 0 Å². The summed E-state index contributed by atoms with van der Waals surface area (Å²) in [6.07, 6.45) is 3.90. The molecule has 4 rings (SSSR count). The standard InChI is InChI=1S/C27H36N4O2/c1-18-8-6-9-20(16-18)13-15-31-23(32)12-11-22-19(2)28-24(29-25(22)31)21-10-7-14-30(17-21)26(33)27(3,4)5/h6,8-9,16,21H,7,10-15,17H2,1-5H3/t21-/m0/s1. The minimum atomic E-state index is -0.395. The molecule has 0 saturated carbocycles. The number of hydrogen-bond acceptors (Lipinski definition) is 4.